The number of hydrogen-bond acceptors (Lipinski definition) is 2. The zero-order valence-electron chi connectivity index (χ0n) is 6.09. The molecular weight excluding hydrogens is 192 g/mol. The summed E-state index contributed by atoms with van der Waals surface area (Å²) in [5, 5.41) is 0. The molecule has 0 aromatic carbocycles. The van der Waals surface area contributed by atoms with Crippen LogP contribution in [-0.2, 0) is 0 Å². The quantitative estimate of drug-likeness (QED) is 0.546. The van der Waals surface area contributed by atoms with E-state index in [-0.39, 0.29) is 0 Å². The molecule has 0 spiro atoms. The van der Waals surface area contributed by atoms with Gasteiger partial charge in [-0.1, -0.05) is 0 Å². The van der Waals surface area contributed by atoms with E-state index in [4.69, 9.17) is 0 Å². The topological polar surface area (TPSA) is 6.48 Å². The standard InChI is InChI=1S/C7H13BrN2/c8-10-5-4-9-3-1-2-7(9)6-10/h7H,1-6H2/t7-/m0/s1. The van der Waals surface area contributed by atoms with Crippen LogP contribution in [0.5, 0.6) is 0 Å². The summed E-state index contributed by atoms with van der Waals surface area (Å²) in [6.07, 6.45) is 2.81. The van der Waals surface area contributed by atoms with E-state index in [0.717, 1.165) is 6.04 Å². The van der Waals surface area contributed by atoms with Crippen molar-refractivity contribution in [1.82, 2.24) is 8.83 Å². The van der Waals surface area contributed by atoms with Gasteiger partial charge in [0.25, 0.3) is 0 Å². The highest BCUT2D eigenvalue weighted by molar-refractivity contribution is 9.07. The first-order chi connectivity index (χ1) is 4.86. The third kappa shape index (κ3) is 1.22. The van der Waals surface area contributed by atoms with Crippen molar-refractivity contribution < 1.29 is 0 Å². The molecular formula is C7H13BrN2. The van der Waals surface area contributed by atoms with Gasteiger partial charge in [0.1, 0.15) is 0 Å². The maximum Gasteiger partial charge on any atom is 0.0249 e. The van der Waals surface area contributed by atoms with Gasteiger partial charge in [-0.2, -0.15) is 0 Å². The van der Waals surface area contributed by atoms with Crippen LogP contribution < -0.4 is 0 Å². The highest BCUT2D eigenvalue weighted by Gasteiger charge is 2.29. The molecule has 0 saturated carbocycles. The van der Waals surface area contributed by atoms with Crippen LogP contribution in [0.1, 0.15) is 12.8 Å². The highest BCUT2D eigenvalue weighted by Crippen LogP contribution is 2.22. The minimum absolute atomic E-state index is 0.855. The van der Waals surface area contributed by atoms with E-state index in [1.54, 1.807) is 0 Å². The van der Waals surface area contributed by atoms with Crippen LogP contribution in [0, 0.1) is 0 Å². The molecule has 2 aliphatic heterocycles. The molecule has 0 amide bonds. The van der Waals surface area contributed by atoms with E-state index in [0.29, 0.717) is 0 Å². The van der Waals surface area contributed by atoms with Crippen molar-refractivity contribution >= 4 is 16.1 Å². The van der Waals surface area contributed by atoms with E-state index in [1.807, 2.05) is 0 Å². The second-order valence-corrected chi connectivity index (χ2v) is 4.20. The number of rotatable bonds is 0. The lowest BCUT2D eigenvalue weighted by atomic mass is 10.2. The SMILES string of the molecule is BrN1CCN2CCC[C@H]2C1. The second kappa shape index (κ2) is 2.80. The van der Waals surface area contributed by atoms with Gasteiger partial charge in [-0.3, -0.25) is 4.90 Å². The fourth-order valence-electron chi connectivity index (χ4n) is 1.95. The van der Waals surface area contributed by atoms with Crippen molar-refractivity contribution in [2.45, 2.75) is 18.9 Å². The summed E-state index contributed by atoms with van der Waals surface area (Å²) in [5.41, 5.74) is 0. The number of hydrogen-bond donors (Lipinski definition) is 0. The molecule has 0 aromatic heterocycles. The third-order valence-electron chi connectivity index (χ3n) is 2.54. The first-order valence-electron chi connectivity index (χ1n) is 4.01. The van der Waals surface area contributed by atoms with E-state index in [9.17, 15) is 0 Å². The van der Waals surface area contributed by atoms with Crippen LogP contribution in [0.3, 0.4) is 0 Å². The van der Waals surface area contributed by atoms with E-state index < -0.39 is 0 Å². The largest absolute Gasteiger partial charge is 0.298 e. The summed E-state index contributed by atoms with van der Waals surface area (Å²) in [5.74, 6) is 0. The van der Waals surface area contributed by atoms with Gasteiger partial charge in [0, 0.05) is 41.8 Å². The summed E-state index contributed by atoms with van der Waals surface area (Å²) in [6.45, 7) is 5.01. The van der Waals surface area contributed by atoms with Crippen LogP contribution in [0.2, 0.25) is 0 Å². The fourth-order valence-corrected chi connectivity index (χ4v) is 2.45. The maximum absolute atomic E-state index is 3.53. The normalized spacial score (nSPS) is 36.3. The molecule has 3 heteroatoms. The first kappa shape index (κ1) is 7.07. The second-order valence-electron chi connectivity index (χ2n) is 3.20. The Labute approximate surface area is 70.5 Å². The number of piperazine rings is 1. The number of halogens is 1. The molecule has 2 rings (SSSR count). The Morgan fingerprint density at radius 2 is 2.10 bits per heavy atom. The van der Waals surface area contributed by atoms with Crippen LogP contribution in [-0.4, -0.2) is 41.0 Å². The zero-order valence-corrected chi connectivity index (χ0v) is 7.68. The van der Waals surface area contributed by atoms with Crippen molar-refractivity contribution in [2.75, 3.05) is 26.2 Å². The van der Waals surface area contributed by atoms with E-state index >= 15 is 0 Å². The molecule has 2 nitrogen and oxygen atoms in total. The Bertz CT molecular complexity index is 129. The van der Waals surface area contributed by atoms with Crippen molar-refractivity contribution in [3.05, 3.63) is 0 Å². The van der Waals surface area contributed by atoms with Crippen LogP contribution in [0.15, 0.2) is 0 Å². The monoisotopic (exact) mass is 204 g/mol. The van der Waals surface area contributed by atoms with Crippen molar-refractivity contribution in [3.63, 3.8) is 0 Å². The molecule has 1 atom stereocenters. The Balaban J connectivity index is 1.96. The molecule has 0 unspecified atom stereocenters. The summed E-state index contributed by atoms with van der Waals surface area (Å²) >= 11 is 3.53. The Morgan fingerprint density at radius 3 is 3.00 bits per heavy atom. The van der Waals surface area contributed by atoms with Crippen molar-refractivity contribution in [1.29, 1.82) is 0 Å². The van der Waals surface area contributed by atoms with E-state index in [2.05, 4.69) is 25.0 Å². The Kier molecular flexibility index (Phi) is 1.98. The lowest BCUT2D eigenvalue weighted by Gasteiger charge is -2.33. The summed E-state index contributed by atoms with van der Waals surface area (Å²) in [4.78, 5) is 2.61. The van der Waals surface area contributed by atoms with Gasteiger partial charge in [0.15, 0.2) is 0 Å². The molecule has 0 N–H and O–H groups in total. The molecule has 10 heavy (non-hydrogen) atoms. The average molecular weight is 205 g/mol. The van der Waals surface area contributed by atoms with Crippen molar-refractivity contribution in [2.24, 2.45) is 0 Å². The maximum atomic E-state index is 3.53. The third-order valence-corrected chi connectivity index (χ3v) is 3.18. The molecule has 2 aliphatic rings. The number of fused-ring (bicyclic) bond motifs is 1. The molecule has 0 bridgehead atoms. The predicted molar refractivity (Wildman–Crippen MR) is 45.1 cm³/mol. The zero-order chi connectivity index (χ0) is 6.97. The van der Waals surface area contributed by atoms with Crippen LogP contribution in [0.4, 0.5) is 0 Å². The molecule has 58 valence electrons. The summed E-state index contributed by atoms with van der Waals surface area (Å²) < 4.78 is 2.26. The van der Waals surface area contributed by atoms with Crippen LogP contribution in [0.25, 0.3) is 0 Å². The summed E-state index contributed by atoms with van der Waals surface area (Å²) in [6, 6.07) is 0.855. The summed E-state index contributed by atoms with van der Waals surface area (Å²) in [7, 11) is 0. The molecule has 0 aliphatic carbocycles. The van der Waals surface area contributed by atoms with Gasteiger partial charge >= 0.3 is 0 Å². The molecule has 2 saturated heterocycles. The van der Waals surface area contributed by atoms with Gasteiger partial charge in [0.05, 0.1) is 0 Å². The van der Waals surface area contributed by atoms with Gasteiger partial charge in [-0.25, -0.2) is 3.93 Å². The predicted octanol–water partition coefficient (Wildman–Crippen LogP) is 1.08. The molecule has 0 aromatic rings. The minimum Gasteiger partial charge on any atom is -0.298 e. The first-order valence-corrected chi connectivity index (χ1v) is 4.72. The lowest BCUT2D eigenvalue weighted by Crippen LogP contribution is -2.46. The fraction of sp³-hybridized carbons (Fsp3) is 1.00. The molecule has 0 radical (unpaired) electrons. The number of nitrogens with zero attached hydrogens (tertiary/aromatic N) is 2. The highest BCUT2D eigenvalue weighted by atomic mass is 79.9. The molecule has 2 fully saturated rings. The van der Waals surface area contributed by atoms with Crippen molar-refractivity contribution in [3.8, 4) is 0 Å². The molecule has 2 heterocycles. The van der Waals surface area contributed by atoms with Gasteiger partial charge < -0.3 is 0 Å². The Hall–Kier alpha value is 0.400. The van der Waals surface area contributed by atoms with Gasteiger partial charge in [-0.05, 0) is 19.4 Å². The van der Waals surface area contributed by atoms with E-state index in [1.165, 1.54) is 39.0 Å². The minimum atomic E-state index is 0.855. The van der Waals surface area contributed by atoms with Crippen LogP contribution >= 0.6 is 16.1 Å². The van der Waals surface area contributed by atoms with Gasteiger partial charge in [0.2, 0.25) is 0 Å². The lowest BCUT2D eigenvalue weighted by molar-refractivity contribution is 0.170. The Morgan fingerprint density at radius 1 is 1.20 bits per heavy atom. The smallest absolute Gasteiger partial charge is 0.0249 e. The van der Waals surface area contributed by atoms with Gasteiger partial charge in [-0.15, -0.1) is 0 Å². The average Bonchev–Trinajstić information content (AvgIpc) is 2.33.